The fourth-order valence-corrected chi connectivity index (χ4v) is 3.70. The predicted octanol–water partition coefficient (Wildman–Crippen LogP) is 5.31. The molecule has 26 heavy (non-hydrogen) atoms. The molecule has 1 atom stereocenters. The van der Waals surface area contributed by atoms with E-state index in [-0.39, 0.29) is 5.82 Å². The highest BCUT2D eigenvalue weighted by Crippen LogP contribution is 2.23. The van der Waals surface area contributed by atoms with E-state index in [2.05, 4.69) is 62.7 Å². The second kappa shape index (κ2) is 8.82. The summed E-state index contributed by atoms with van der Waals surface area (Å²) in [7, 11) is 0. The van der Waals surface area contributed by atoms with E-state index in [9.17, 15) is 4.39 Å². The Labute approximate surface area is 168 Å². The van der Waals surface area contributed by atoms with Crippen molar-refractivity contribution >= 4 is 44.6 Å². The number of halogens is 2. The standard InChI is InChI=1S/C20H23BrFN3S/c1-14-3-2-10-25(13-14)17-7-4-15(5-8-17)12-23-20(26)24-19-9-6-16(21)11-18(19)22/h4-9,11,14H,2-3,10,12-13H2,1H3,(H2,23,24,26). The number of rotatable bonds is 4. The summed E-state index contributed by atoms with van der Waals surface area (Å²) >= 11 is 8.50. The number of hydrogen-bond acceptors (Lipinski definition) is 2. The summed E-state index contributed by atoms with van der Waals surface area (Å²) in [6.07, 6.45) is 2.58. The van der Waals surface area contributed by atoms with Crippen LogP contribution in [-0.2, 0) is 6.54 Å². The molecular formula is C20H23BrFN3S. The minimum Gasteiger partial charge on any atom is -0.371 e. The molecule has 1 unspecified atom stereocenters. The normalized spacial score (nSPS) is 17.0. The molecule has 1 aliphatic heterocycles. The Morgan fingerprint density at radius 3 is 2.73 bits per heavy atom. The summed E-state index contributed by atoms with van der Waals surface area (Å²) in [5.74, 6) is 0.413. The average Bonchev–Trinajstić information content (AvgIpc) is 2.63. The van der Waals surface area contributed by atoms with E-state index in [1.54, 1.807) is 12.1 Å². The number of thiocarbonyl (C=S) groups is 1. The summed E-state index contributed by atoms with van der Waals surface area (Å²) in [6.45, 7) is 5.17. The summed E-state index contributed by atoms with van der Waals surface area (Å²) in [4.78, 5) is 2.45. The Morgan fingerprint density at radius 2 is 2.04 bits per heavy atom. The van der Waals surface area contributed by atoms with E-state index in [1.807, 2.05) is 0 Å². The fraction of sp³-hybridized carbons (Fsp3) is 0.350. The zero-order valence-corrected chi connectivity index (χ0v) is 17.2. The van der Waals surface area contributed by atoms with E-state index < -0.39 is 0 Å². The number of piperidine rings is 1. The van der Waals surface area contributed by atoms with Gasteiger partial charge >= 0.3 is 0 Å². The molecule has 2 aromatic carbocycles. The van der Waals surface area contributed by atoms with Crippen LogP contribution in [0.15, 0.2) is 46.9 Å². The summed E-state index contributed by atoms with van der Waals surface area (Å²) in [5, 5.41) is 6.42. The molecule has 1 fully saturated rings. The Kier molecular flexibility index (Phi) is 6.48. The van der Waals surface area contributed by atoms with E-state index >= 15 is 0 Å². The highest BCUT2D eigenvalue weighted by Gasteiger charge is 2.16. The Morgan fingerprint density at radius 1 is 1.27 bits per heavy atom. The van der Waals surface area contributed by atoms with Gasteiger partial charge < -0.3 is 15.5 Å². The minimum atomic E-state index is -0.344. The maximum atomic E-state index is 13.8. The molecule has 0 aliphatic carbocycles. The van der Waals surface area contributed by atoms with E-state index in [0.717, 1.165) is 24.6 Å². The summed E-state index contributed by atoms with van der Waals surface area (Å²) in [6, 6.07) is 13.4. The van der Waals surface area contributed by atoms with Gasteiger partial charge in [-0.25, -0.2) is 4.39 Å². The highest BCUT2D eigenvalue weighted by molar-refractivity contribution is 9.10. The van der Waals surface area contributed by atoms with Gasteiger partial charge in [-0.2, -0.15) is 0 Å². The van der Waals surface area contributed by atoms with Crippen molar-refractivity contribution in [1.82, 2.24) is 5.32 Å². The lowest BCUT2D eigenvalue weighted by Gasteiger charge is -2.32. The number of anilines is 2. The van der Waals surface area contributed by atoms with Crippen molar-refractivity contribution in [3.63, 3.8) is 0 Å². The molecule has 0 amide bonds. The molecule has 1 saturated heterocycles. The molecule has 0 saturated carbocycles. The van der Waals surface area contributed by atoms with Gasteiger partial charge in [0.1, 0.15) is 5.82 Å². The first-order valence-corrected chi connectivity index (χ1v) is 10.0. The zero-order valence-electron chi connectivity index (χ0n) is 14.8. The third-order valence-corrected chi connectivity index (χ3v) is 5.33. The number of hydrogen-bond donors (Lipinski definition) is 2. The lowest BCUT2D eigenvalue weighted by Crippen LogP contribution is -2.34. The van der Waals surface area contributed by atoms with Crippen LogP contribution in [0.2, 0.25) is 0 Å². The van der Waals surface area contributed by atoms with Crippen molar-refractivity contribution in [1.29, 1.82) is 0 Å². The molecule has 3 nitrogen and oxygen atoms in total. The quantitative estimate of drug-likeness (QED) is 0.636. The Bertz CT molecular complexity index is 766. The van der Waals surface area contributed by atoms with Crippen LogP contribution in [0.25, 0.3) is 0 Å². The SMILES string of the molecule is CC1CCCN(c2ccc(CNC(=S)Nc3ccc(Br)cc3F)cc2)C1. The maximum absolute atomic E-state index is 13.8. The van der Waals surface area contributed by atoms with Crippen LogP contribution in [0.5, 0.6) is 0 Å². The third kappa shape index (κ3) is 5.17. The first-order valence-electron chi connectivity index (χ1n) is 8.85. The van der Waals surface area contributed by atoms with Gasteiger partial charge in [-0.1, -0.05) is 35.0 Å². The average molecular weight is 436 g/mol. The fourth-order valence-electron chi connectivity index (χ4n) is 3.19. The molecule has 0 spiro atoms. The molecule has 2 N–H and O–H groups in total. The second-order valence-electron chi connectivity index (χ2n) is 6.79. The Balaban J connectivity index is 1.52. The van der Waals surface area contributed by atoms with E-state index in [1.165, 1.54) is 24.6 Å². The molecular weight excluding hydrogens is 413 g/mol. The summed E-state index contributed by atoms with van der Waals surface area (Å²) < 4.78 is 14.5. The molecule has 0 radical (unpaired) electrons. The molecule has 1 aliphatic rings. The van der Waals surface area contributed by atoms with Gasteiger partial charge in [0.15, 0.2) is 5.11 Å². The van der Waals surface area contributed by atoms with Gasteiger partial charge in [0.25, 0.3) is 0 Å². The van der Waals surface area contributed by atoms with Crippen LogP contribution in [0, 0.1) is 11.7 Å². The van der Waals surface area contributed by atoms with Crippen LogP contribution >= 0.6 is 28.1 Å². The van der Waals surface area contributed by atoms with Crippen molar-refractivity contribution in [2.45, 2.75) is 26.3 Å². The Hall–Kier alpha value is -1.66. The van der Waals surface area contributed by atoms with Gasteiger partial charge in [-0.15, -0.1) is 0 Å². The van der Waals surface area contributed by atoms with Crippen molar-refractivity contribution in [3.8, 4) is 0 Å². The van der Waals surface area contributed by atoms with Gasteiger partial charge in [-0.05, 0) is 66.9 Å². The van der Waals surface area contributed by atoms with Crippen molar-refractivity contribution in [2.75, 3.05) is 23.3 Å². The molecule has 2 aromatic rings. The van der Waals surface area contributed by atoms with Gasteiger partial charge in [0, 0.05) is 29.8 Å². The summed E-state index contributed by atoms with van der Waals surface area (Å²) in [5.41, 5.74) is 2.78. The predicted molar refractivity (Wildman–Crippen MR) is 114 cm³/mol. The van der Waals surface area contributed by atoms with Gasteiger partial charge in [0.05, 0.1) is 5.69 Å². The van der Waals surface area contributed by atoms with Crippen molar-refractivity contribution < 1.29 is 4.39 Å². The molecule has 1 heterocycles. The third-order valence-electron chi connectivity index (χ3n) is 4.59. The molecule has 6 heteroatoms. The second-order valence-corrected chi connectivity index (χ2v) is 8.12. The first kappa shape index (κ1) is 19.1. The van der Waals surface area contributed by atoms with Crippen molar-refractivity contribution in [2.24, 2.45) is 5.92 Å². The topological polar surface area (TPSA) is 27.3 Å². The molecule has 0 bridgehead atoms. The first-order chi connectivity index (χ1) is 12.5. The van der Waals surface area contributed by atoms with Gasteiger partial charge in [0.2, 0.25) is 0 Å². The smallest absolute Gasteiger partial charge is 0.171 e. The van der Waals surface area contributed by atoms with Gasteiger partial charge in [-0.3, -0.25) is 0 Å². The van der Waals surface area contributed by atoms with Crippen molar-refractivity contribution in [3.05, 3.63) is 58.3 Å². The van der Waals surface area contributed by atoms with E-state index in [4.69, 9.17) is 12.2 Å². The zero-order chi connectivity index (χ0) is 18.5. The number of nitrogens with zero attached hydrogens (tertiary/aromatic N) is 1. The minimum absolute atomic E-state index is 0.344. The number of nitrogens with one attached hydrogen (secondary N) is 2. The lowest BCUT2D eigenvalue weighted by molar-refractivity contribution is 0.447. The molecule has 138 valence electrons. The lowest BCUT2D eigenvalue weighted by atomic mass is 9.99. The largest absolute Gasteiger partial charge is 0.371 e. The van der Waals surface area contributed by atoms with E-state index in [0.29, 0.717) is 21.8 Å². The van der Waals surface area contributed by atoms with Crippen LogP contribution in [0.3, 0.4) is 0 Å². The van der Waals surface area contributed by atoms with Crippen LogP contribution in [-0.4, -0.2) is 18.2 Å². The van der Waals surface area contributed by atoms with Crippen LogP contribution in [0.1, 0.15) is 25.3 Å². The van der Waals surface area contributed by atoms with Crippen LogP contribution < -0.4 is 15.5 Å². The molecule has 0 aromatic heterocycles. The highest BCUT2D eigenvalue weighted by atomic mass is 79.9. The number of benzene rings is 2. The monoisotopic (exact) mass is 435 g/mol. The molecule has 3 rings (SSSR count). The maximum Gasteiger partial charge on any atom is 0.171 e. The van der Waals surface area contributed by atoms with Crippen LogP contribution in [0.4, 0.5) is 15.8 Å².